The molecule has 0 spiro atoms. The van der Waals surface area contributed by atoms with E-state index in [-0.39, 0.29) is 49.6 Å². The number of hydrogen-bond donors (Lipinski definition) is 3. The van der Waals surface area contributed by atoms with E-state index < -0.39 is 53.9 Å². The van der Waals surface area contributed by atoms with Crippen LogP contribution < -0.4 is 5.32 Å². The van der Waals surface area contributed by atoms with Crippen molar-refractivity contribution in [1.82, 2.24) is 20.3 Å². The van der Waals surface area contributed by atoms with E-state index in [4.69, 9.17) is 14.6 Å². The average molecular weight is 624 g/mol. The summed E-state index contributed by atoms with van der Waals surface area (Å²) in [4.78, 5) is 40.8. The Morgan fingerprint density at radius 1 is 1.35 bits per heavy atom. The van der Waals surface area contributed by atoms with E-state index in [0.717, 1.165) is 12.0 Å². The first-order valence-electron chi connectivity index (χ1n) is 13.7. The summed E-state index contributed by atoms with van der Waals surface area (Å²) >= 11 is 1.28. The molecule has 0 aliphatic carbocycles. The SMILES string of the molecule is CCOC(=O)C1=C(CN2CC(F)(F)[C@H]3[C@@H]2CON3CC[C@](C)(O)C(=O)O)NC(c2nccs2)=N[C@H]1c1cccc(F)c1C. The highest BCUT2D eigenvalue weighted by molar-refractivity contribution is 7.11. The third-order valence-corrected chi connectivity index (χ3v) is 8.68. The van der Waals surface area contributed by atoms with Gasteiger partial charge in [-0.1, -0.05) is 12.1 Å². The highest BCUT2D eigenvalue weighted by Crippen LogP contribution is 2.42. The second-order valence-corrected chi connectivity index (χ2v) is 11.7. The summed E-state index contributed by atoms with van der Waals surface area (Å²) in [7, 11) is 0. The average Bonchev–Trinajstić information content (AvgIpc) is 3.68. The fourth-order valence-electron chi connectivity index (χ4n) is 5.59. The van der Waals surface area contributed by atoms with E-state index in [9.17, 15) is 24.2 Å². The van der Waals surface area contributed by atoms with Crippen molar-refractivity contribution in [3.8, 4) is 0 Å². The number of carbonyl (C=O) groups excluding carboxylic acids is 1. The molecule has 232 valence electrons. The fourth-order valence-corrected chi connectivity index (χ4v) is 6.18. The van der Waals surface area contributed by atoms with Crippen molar-refractivity contribution in [2.24, 2.45) is 4.99 Å². The topological polar surface area (TPSA) is 137 Å². The molecule has 1 aromatic carbocycles. The first-order valence-corrected chi connectivity index (χ1v) is 14.6. The van der Waals surface area contributed by atoms with Crippen LogP contribution in [0, 0.1) is 12.7 Å². The van der Waals surface area contributed by atoms with Crippen LogP contribution in [0.2, 0.25) is 0 Å². The molecule has 11 nitrogen and oxygen atoms in total. The number of alkyl halides is 2. The maximum Gasteiger partial charge on any atom is 0.338 e. The number of aliphatic imine (C=N–C) groups is 1. The lowest BCUT2D eigenvalue weighted by Crippen LogP contribution is -2.47. The first-order chi connectivity index (χ1) is 20.3. The molecule has 2 aromatic rings. The van der Waals surface area contributed by atoms with Crippen molar-refractivity contribution >= 4 is 29.1 Å². The molecule has 4 atom stereocenters. The minimum atomic E-state index is -3.26. The molecule has 15 heteroatoms. The van der Waals surface area contributed by atoms with E-state index in [1.54, 1.807) is 31.5 Å². The number of amidine groups is 1. The van der Waals surface area contributed by atoms with Gasteiger partial charge in [0.1, 0.15) is 17.9 Å². The molecule has 43 heavy (non-hydrogen) atoms. The number of aromatic nitrogens is 1. The van der Waals surface area contributed by atoms with Crippen molar-refractivity contribution in [1.29, 1.82) is 0 Å². The summed E-state index contributed by atoms with van der Waals surface area (Å²) in [6, 6.07) is 1.23. The smallest absolute Gasteiger partial charge is 0.338 e. The third kappa shape index (κ3) is 6.04. The second kappa shape index (κ2) is 12.0. The number of rotatable bonds is 10. The number of carbonyl (C=O) groups is 2. The molecule has 0 saturated carbocycles. The quantitative estimate of drug-likeness (QED) is 0.339. The van der Waals surface area contributed by atoms with Gasteiger partial charge in [0.2, 0.25) is 0 Å². The van der Waals surface area contributed by atoms with Crippen LogP contribution >= 0.6 is 11.3 Å². The number of nitrogens with zero attached hydrogens (tertiary/aromatic N) is 4. The first kappa shape index (κ1) is 31.1. The van der Waals surface area contributed by atoms with Gasteiger partial charge in [0, 0.05) is 36.8 Å². The Kier molecular flexibility index (Phi) is 8.64. The number of esters is 1. The van der Waals surface area contributed by atoms with Crippen molar-refractivity contribution in [2.75, 3.05) is 32.8 Å². The molecule has 3 N–H and O–H groups in total. The van der Waals surface area contributed by atoms with Gasteiger partial charge in [-0.05, 0) is 38.0 Å². The molecule has 2 fully saturated rings. The summed E-state index contributed by atoms with van der Waals surface area (Å²) in [6.07, 6.45) is 1.25. The number of aliphatic hydroxyl groups is 1. The third-order valence-electron chi connectivity index (χ3n) is 7.90. The highest BCUT2D eigenvalue weighted by atomic mass is 32.1. The highest BCUT2D eigenvalue weighted by Gasteiger charge is 2.61. The summed E-state index contributed by atoms with van der Waals surface area (Å²) in [6.45, 7) is 3.18. The minimum absolute atomic E-state index is 0.0446. The number of fused-ring (bicyclic) bond motifs is 1. The Morgan fingerprint density at radius 3 is 2.79 bits per heavy atom. The number of aliphatic carboxylic acids is 1. The van der Waals surface area contributed by atoms with Crippen LogP contribution in [0.25, 0.3) is 0 Å². The van der Waals surface area contributed by atoms with Gasteiger partial charge in [0.25, 0.3) is 5.92 Å². The molecule has 1 aromatic heterocycles. The van der Waals surface area contributed by atoms with E-state index in [1.165, 1.54) is 28.4 Å². The number of halogens is 3. The standard InChI is InChI=1S/C28H32F3N5O6S/c1-4-41-25(37)20-18(33-23(24-32-9-11-43-24)34-21(20)16-6-5-7-17(29)15(16)2)12-35-14-28(30,31)22-19(35)13-42-36(22)10-8-27(3,40)26(38)39/h5-7,9,11,19,21-22,40H,4,8,10,12-14H2,1-3H3,(H,33,34)(H,38,39)/t19-,21-,22+,27-/m0/s1. The predicted octanol–water partition coefficient (Wildman–Crippen LogP) is 2.66. The van der Waals surface area contributed by atoms with Crippen LogP contribution in [-0.4, -0.2) is 99.4 Å². The van der Waals surface area contributed by atoms with E-state index in [1.807, 2.05) is 0 Å². The lowest BCUT2D eigenvalue weighted by Gasteiger charge is -2.31. The van der Waals surface area contributed by atoms with Gasteiger partial charge in [-0.3, -0.25) is 14.7 Å². The van der Waals surface area contributed by atoms with Crippen molar-refractivity contribution in [2.45, 2.75) is 56.8 Å². The molecule has 0 unspecified atom stereocenters. The monoisotopic (exact) mass is 623 g/mol. The number of ether oxygens (including phenoxy) is 1. The summed E-state index contributed by atoms with van der Waals surface area (Å²) < 4.78 is 51.1. The Labute approximate surface area is 249 Å². The molecule has 0 amide bonds. The van der Waals surface area contributed by atoms with Gasteiger partial charge in [-0.2, -0.15) is 5.06 Å². The number of thiazole rings is 1. The molecule has 0 bridgehead atoms. The number of benzene rings is 1. The largest absolute Gasteiger partial charge is 0.479 e. The van der Waals surface area contributed by atoms with Crippen LogP contribution in [0.5, 0.6) is 0 Å². The van der Waals surface area contributed by atoms with Crippen molar-refractivity contribution in [3.63, 3.8) is 0 Å². The van der Waals surface area contributed by atoms with E-state index in [0.29, 0.717) is 16.4 Å². The zero-order chi connectivity index (χ0) is 31.1. The Hall–Kier alpha value is -3.37. The molecule has 5 rings (SSSR count). The Bertz CT molecular complexity index is 1450. The number of likely N-dealkylation sites (tertiary alicyclic amines) is 1. The molecular weight excluding hydrogens is 591 g/mol. The fraction of sp³-hybridized carbons (Fsp3) is 0.500. The van der Waals surface area contributed by atoms with Crippen LogP contribution in [0.1, 0.15) is 42.4 Å². The number of hydroxylamine groups is 2. The zero-order valence-corrected chi connectivity index (χ0v) is 24.5. The molecule has 4 heterocycles. The van der Waals surface area contributed by atoms with Gasteiger partial charge in [-0.15, -0.1) is 11.3 Å². The predicted molar refractivity (Wildman–Crippen MR) is 149 cm³/mol. The van der Waals surface area contributed by atoms with Gasteiger partial charge in [0.05, 0.1) is 31.4 Å². The van der Waals surface area contributed by atoms with Gasteiger partial charge in [-0.25, -0.2) is 27.7 Å². The van der Waals surface area contributed by atoms with Gasteiger partial charge < -0.3 is 20.3 Å². The Morgan fingerprint density at radius 2 is 2.12 bits per heavy atom. The summed E-state index contributed by atoms with van der Waals surface area (Å²) in [5, 5.41) is 25.7. The lowest BCUT2D eigenvalue weighted by atomic mass is 9.92. The number of hydrogen-bond acceptors (Lipinski definition) is 11. The number of carboxylic acids is 1. The maximum atomic E-state index is 15.5. The van der Waals surface area contributed by atoms with Crippen molar-refractivity contribution < 1.29 is 42.5 Å². The second-order valence-electron chi connectivity index (χ2n) is 10.9. The van der Waals surface area contributed by atoms with Crippen LogP contribution in [0.15, 0.2) is 46.0 Å². The minimum Gasteiger partial charge on any atom is -0.479 e. The van der Waals surface area contributed by atoms with Gasteiger partial charge in [0.15, 0.2) is 16.4 Å². The molecule has 3 aliphatic rings. The summed E-state index contributed by atoms with van der Waals surface area (Å²) in [5.74, 6) is -5.64. The van der Waals surface area contributed by atoms with Crippen molar-refractivity contribution in [3.05, 3.63) is 63.0 Å². The van der Waals surface area contributed by atoms with Gasteiger partial charge >= 0.3 is 11.9 Å². The van der Waals surface area contributed by atoms with Crippen LogP contribution in [0.4, 0.5) is 13.2 Å². The number of nitrogens with one attached hydrogen (secondary N) is 1. The molecular formula is C28H32F3N5O6S. The maximum absolute atomic E-state index is 15.5. The van der Waals surface area contributed by atoms with E-state index in [2.05, 4.69) is 10.3 Å². The van der Waals surface area contributed by atoms with E-state index >= 15 is 8.78 Å². The zero-order valence-electron chi connectivity index (χ0n) is 23.7. The van der Waals surface area contributed by atoms with Crippen LogP contribution in [-0.2, 0) is 19.2 Å². The Balaban J connectivity index is 1.51. The number of carboxylic acid groups (broad SMARTS) is 1. The summed E-state index contributed by atoms with van der Waals surface area (Å²) in [5.41, 5.74) is -1.09. The molecule has 3 aliphatic heterocycles. The molecule has 0 radical (unpaired) electrons. The lowest BCUT2D eigenvalue weighted by molar-refractivity contribution is -0.190. The molecule has 2 saturated heterocycles. The normalized spacial score (nSPS) is 25.2. The van der Waals surface area contributed by atoms with Crippen LogP contribution in [0.3, 0.4) is 0 Å².